The van der Waals surface area contributed by atoms with E-state index in [9.17, 15) is 9.59 Å². The SMILES string of the molecule is CC(C)[C@H](N)C(=O)NCC(=O)Nc1ccnn1C1CCCc2ccccc21.Cl.Cl. The molecular weight excluding hydrogens is 413 g/mol. The number of rotatable bonds is 6. The van der Waals surface area contributed by atoms with Gasteiger partial charge in [-0.3, -0.25) is 9.59 Å². The third kappa shape index (κ3) is 5.95. The molecule has 1 aliphatic rings. The second-order valence-electron chi connectivity index (χ2n) is 7.30. The molecule has 160 valence electrons. The molecule has 9 heteroatoms. The van der Waals surface area contributed by atoms with E-state index in [1.165, 1.54) is 11.1 Å². The number of nitrogens with zero attached hydrogens (tertiary/aromatic N) is 2. The number of halogens is 2. The number of nitrogens with one attached hydrogen (secondary N) is 2. The molecule has 1 unspecified atom stereocenters. The Morgan fingerprint density at radius 1 is 1.24 bits per heavy atom. The van der Waals surface area contributed by atoms with E-state index in [2.05, 4.69) is 33.9 Å². The fraction of sp³-hybridized carbons (Fsp3) is 0.450. The Balaban J connectivity index is 0.00000210. The second kappa shape index (κ2) is 11.2. The lowest BCUT2D eigenvalue weighted by Gasteiger charge is -2.27. The summed E-state index contributed by atoms with van der Waals surface area (Å²) in [6.07, 6.45) is 4.80. The van der Waals surface area contributed by atoms with Gasteiger partial charge in [0.05, 0.1) is 24.8 Å². The lowest BCUT2D eigenvalue weighted by atomic mass is 9.88. The minimum absolute atomic E-state index is 0. The van der Waals surface area contributed by atoms with E-state index in [0.29, 0.717) is 5.82 Å². The van der Waals surface area contributed by atoms with Crippen LogP contribution in [0.25, 0.3) is 0 Å². The van der Waals surface area contributed by atoms with Gasteiger partial charge in [-0.25, -0.2) is 4.68 Å². The molecule has 0 bridgehead atoms. The zero-order valence-electron chi connectivity index (χ0n) is 16.6. The summed E-state index contributed by atoms with van der Waals surface area (Å²) in [5, 5.41) is 9.87. The van der Waals surface area contributed by atoms with E-state index >= 15 is 0 Å². The van der Waals surface area contributed by atoms with Crippen LogP contribution in [0.2, 0.25) is 0 Å². The van der Waals surface area contributed by atoms with Crippen LogP contribution >= 0.6 is 24.8 Å². The summed E-state index contributed by atoms with van der Waals surface area (Å²) in [5.74, 6) is 0.0185. The van der Waals surface area contributed by atoms with Crippen molar-refractivity contribution in [3.05, 3.63) is 47.7 Å². The van der Waals surface area contributed by atoms with Gasteiger partial charge in [-0.05, 0) is 36.3 Å². The van der Waals surface area contributed by atoms with Crippen LogP contribution in [0.15, 0.2) is 36.5 Å². The van der Waals surface area contributed by atoms with Crippen LogP contribution in [0.1, 0.15) is 43.9 Å². The first kappa shape index (κ1) is 24.9. The molecule has 0 fully saturated rings. The largest absolute Gasteiger partial charge is 0.346 e. The van der Waals surface area contributed by atoms with Gasteiger partial charge in [0.25, 0.3) is 0 Å². The van der Waals surface area contributed by atoms with Gasteiger partial charge in [-0.1, -0.05) is 38.1 Å². The highest BCUT2D eigenvalue weighted by atomic mass is 35.5. The van der Waals surface area contributed by atoms with Gasteiger partial charge in [0.2, 0.25) is 11.8 Å². The van der Waals surface area contributed by atoms with Crippen molar-refractivity contribution in [2.45, 2.75) is 45.2 Å². The lowest BCUT2D eigenvalue weighted by molar-refractivity contribution is -0.125. The number of fused-ring (bicyclic) bond motifs is 1. The van der Waals surface area contributed by atoms with Crippen LogP contribution < -0.4 is 16.4 Å². The van der Waals surface area contributed by atoms with E-state index in [1.54, 1.807) is 12.3 Å². The molecule has 1 heterocycles. The van der Waals surface area contributed by atoms with Crippen molar-refractivity contribution in [3.63, 3.8) is 0 Å². The van der Waals surface area contributed by atoms with Crippen LogP contribution in [0.3, 0.4) is 0 Å². The summed E-state index contributed by atoms with van der Waals surface area (Å²) in [4.78, 5) is 24.2. The highest BCUT2D eigenvalue weighted by Crippen LogP contribution is 2.34. The van der Waals surface area contributed by atoms with Crippen molar-refractivity contribution in [2.75, 3.05) is 11.9 Å². The molecule has 0 spiro atoms. The highest BCUT2D eigenvalue weighted by molar-refractivity contribution is 5.94. The zero-order valence-corrected chi connectivity index (χ0v) is 18.3. The maximum Gasteiger partial charge on any atom is 0.244 e. The first-order valence-corrected chi connectivity index (χ1v) is 9.42. The third-order valence-electron chi connectivity index (χ3n) is 5.01. The highest BCUT2D eigenvalue weighted by Gasteiger charge is 2.24. The number of aromatic nitrogens is 2. The number of carbonyl (C=O) groups is 2. The Morgan fingerprint density at radius 2 is 1.97 bits per heavy atom. The number of nitrogens with two attached hydrogens (primary N) is 1. The number of hydrogen-bond acceptors (Lipinski definition) is 4. The molecule has 3 rings (SSSR count). The molecule has 0 radical (unpaired) electrons. The molecule has 29 heavy (non-hydrogen) atoms. The maximum atomic E-state index is 12.3. The Labute approximate surface area is 183 Å². The van der Waals surface area contributed by atoms with Crippen molar-refractivity contribution in [1.82, 2.24) is 15.1 Å². The van der Waals surface area contributed by atoms with Gasteiger partial charge in [0, 0.05) is 6.07 Å². The number of aryl methyl sites for hydroxylation is 1. The molecule has 1 aromatic carbocycles. The summed E-state index contributed by atoms with van der Waals surface area (Å²) in [6.45, 7) is 3.61. The Bertz CT molecular complexity index is 825. The summed E-state index contributed by atoms with van der Waals surface area (Å²) in [6, 6.07) is 9.61. The normalized spacial score (nSPS) is 16.1. The van der Waals surface area contributed by atoms with Crippen molar-refractivity contribution < 1.29 is 9.59 Å². The van der Waals surface area contributed by atoms with Gasteiger partial charge in [0.1, 0.15) is 5.82 Å². The van der Waals surface area contributed by atoms with Crippen molar-refractivity contribution in [2.24, 2.45) is 11.7 Å². The quantitative estimate of drug-likeness (QED) is 0.640. The number of carbonyl (C=O) groups excluding carboxylic acids is 2. The Hall–Kier alpha value is -2.09. The second-order valence-corrected chi connectivity index (χ2v) is 7.30. The number of amides is 2. The molecule has 0 aliphatic heterocycles. The molecule has 7 nitrogen and oxygen atoms in total. The minimum atomic E-state index is -0.623. The summed E-state index contributed by atoms with van der Waals surface area (Å²) < 4.78 is 1.86. The minimum Gasteiger partial charge on any atom is -0.346 e. The Kier molecular flexibility index (Phi) is 9.62. The van der Waals surface area contributed by atoms with Gasteiger partial charge in [-0.2, -0.15) is 5.10 Å². The average molecular weight is 442 g/mol. The monoisotopic (exact) mass is 441 g/mol. The third-order valence-corrected chi connectivity index (χ3v) is 5.01. The van der Waals surface area contributed by atoms with Gasteiger partial charge in [0.15, 0.2) is 0 Å². The standard InChI is InChI=1S/C20H27N5O2.2ClH/c1-13(2)19(21)20(27)22-12-18(26)24-17-10-11-23-25(17)16-9-5-7-14-6-3-4-8-15(14)16;;/h3-4,6,8,10-11,13,16,19H,5,7,9,12,21H2,1-2H3,(H,22,27)(H,24,26);2*1H/t16?,19-;;/m0../s1. The zero-order chi connectivity index (χ0) is 19.4. The number of anilines is 1. The van der Waals surface area contributed by atoms with E-state index in [4.69, 9.17) is 5.73 Å². The molecule has 2 amide bonds. The molecule has 2 aromatic rings. The van der Waals surface area contributed by atoms with Crippen LogP contribution in [-0.2, 0) is 16.0 Å². The van der Waals surface area contributed by atoms with Crippen LogP contribution in [-0.4, -0.2) is 34.2 Å². The van der Waals surface area contributed by atoms with Gasteiger partial charge >= 0.3 is 0 Å². The van der Waals surface area contributed by atoms with Crippen molar-refractivity contribution >= 4 is 42.4 Å². The van der Waals surface area contributed by atoms with Crippen molar-refractivity contribution in [1.29, 1.82) is 0 Å². The molecule has 1 aliphatic carbocycles. The first-order valence-electron chi connectivity index (χ1n) is 9.42. The predicted molar refractivity (Wildman–Crippen MR) is 119 cm³/mol. The fourth-order valence-corrected chi connectivity index (χ4v) is 3.42. The summed E-state index contributed by atoms with van der Waals surface area (Å²) in [7, 11) is 0. The molecule has 2 atom stereocenters. The lowest BCUT2D eigenvalue weighted by Crippen LogP contribution is -2.46. The van der Waals surface area contributed by atoms with Crippen LogP contribution in [0, 0.1) is 5.92 Å². The van der Waals surface area contributed by atoms with Crippen LogP contribution in [0.5, 0.6) is 0 Å². The van der Waals surface area contributed by atoms with Crippen molar-refractivity contribution in [3.8, 4) is 0 Å². The summed E-state index contributed by atoms with van der Waals surface area (Å²) >= 11 is 0. The predicted octanol–water partition coefficient (Wildman–Crippen LogP) is 2.69. The number of benzene rings is 1. The summed E-state index contributed by atoms with van der Waals surface area (Å²) in [5.41, 5.74) is 8.37. The van der Waals surface area contributed by atoms with E-state index in [-0.39, 0.29) is 55.1 Å². The number of hydrogen-bond donors (Lipinski definition) is 3. The Morgan fingerprint density at radius 3 is 2.69 bits per heavy atom. The smallest absolute Gasteiger partial charge is 0.244 e. The molecule has 4 N–H and O–H groups in total. The molecule has 0 saturated carbocycles. The van der Waals surface area contributed by atoms with E-state index in [1.807, 2.05) is 24.6 Å². The molecule has 1 aromatic heterocycles. The maximum absolute atomic E-state index is 12.3. The van der Waals surface area contributed by atoms with E-state index in [0.717, 1.165) is 19.3 Å². The van der Waals surface area contributed by atoms with Gasteiger partial charge < -0.3 is 16.4 Å². The van der Waals surface area contributed by atoms with Gasteiger partial charge in [-0.15, -0.1) is 24.8 Å². The van der Waals surface area contributed by atoms with Crippen LogP contribution in [0.4, 0.5) is 5.82 Å². The average Bonchev–Trinajstić information content (AvgIpc) is 3.12. The fourth-order valence-electron chi connectivity index (χ4n) is 3.42. The van der Waals surface area contributed by atoms with E-state index < -0.39 is 6.04 Å². The first-order chi connectivity index (χ1) is 13.0. The molecule has 0 saturated heterocycles. The molecular formula is C20H29Cl2N5O2. The topological polar surface area (TPSA) is 102 Å².